The summed E-state index contributed by atoms with van der Waals surface area (Å²) in [5.74, 6) is 0.0822. The van der Waals surface area contributed by atoms with Crippen molar-refractivity contribution in [1.29, 1.82) is 0 Å². The lowest BCUT2D eigenvalue weighted by Gasteiger charge is -2.14. The molecule has 1 atom stereocenters. The number of carbonyl (C=O) groups is 3. The van der Waals surface area contributed by atoms with Crippen molar-refractivity contribution in [2.24, 2.45) is 0 Å². The van der Waals surface area contributed by atoms with Crippen molar-refractivity contribution in [1.82, 2.24) is 10.3 Å². The number of thioether (sulfide) groups is 1. The number of anilines is 2. The zero-order valence-corrected chi connectivity index (χ0v) is 27.5. The number of nitrogens with one attached hydrogen (secondary N) is 3. The number of benzene rings is 4. The smallest absolute Gasteiger partial charge is 0.272 e. The molecule has 0 aliphatic rings. The third kappa shape index (κ3) is 8.66. The van der Waals surface area contributed by atoms with Gasteiger partial charge in [0.05, 0.1) is 25.2 Å². The Morgan fingerprint density at radius 2 is 1.53 bits per heavy atom. The maximum Gasteiger partial charge on any atom is 0.272 e. The molecule has 4 aromatic carbocycles. The van der Waals surface area contributed by atoms with Crippen molar-refractivity contribution < 1.29 is 23.9 Å². The molecule has 0 fully saturated rings. The fraction of sp³-hybridized carbons (Fsp3) is 0.111. The first-order chi connectivity index (χ1) is 22.8. The fourth-order valence-electron chi connectivity index (χ4n) is 4.50. The molecule has 3 N–H and O–H groups in total. The zero-order chi connectivity index (χ0) is 33.2. The zero-order valence-electron chi connectivity index (χ0n) is 25.9. The Balaban J connectivity index is 1.27. The first kappa shape index (κ1) is 33.0. The lowest BCUT2D eigenvalue weighted by molar-refractivity contribution is -0.115. The highest BCUT2D eigenvalue weighted by atomic mass is 32.2. The first-order valence-electron chi connectivity index (χ1n) is 14.5. The van der Waals surface area contributed by atoms with Gasteiger partial charge >= 0.3 is 0 Å². The van der Waals surface area contributed by atoms with Gasteiger partial charge in [0.25, 0.3) is 11.8 Å². The van der Waals surface area contributed by atoms with Crippen LogP contribution in [0.25, 0.3) is 17.3 Å². The monoisotopic (exact) mass is 664 g/mol. The van der Waals surface area contributed by atoms with Gasteiger partial charge in [0.15, 0.2) is 5.13 Å². The van der Waals surface area contributed by atoms with Gasteiger partial charge in [-0.05, 0) is 61.5 Å². The Morgan fingerprint density at radius 3 is 2.30 bits per heavy atom. The second-order valence-corrected chi connectivity index (χ2v) is 12.4. The molecule has 3 amide bonds. The summed E-state index contributed by atoms with van der Waals surface area (Å²) in [5.41, 5.74) is 3.11. The third-order valence-corrected chi connectivity index (χ3v) is 8.71. The number of rotatable bonds is 12. The van der Waals surface area contributed by atoms with Crippen molar-refractivity contribution in [2.75, 3.05) is 24.9 Å². The number of hydrogen-bond acceptors (Lipinski definition) is 8. The van der Waals surface area contributed by atoms with E-state index in [0.717, 1.165) is 10.5 Å². The van der Waals surface area contributed by atoms with E-state index < -0.39 is 17.1 Å². The largest absolute Gasteiger partial charge is 0.496 e. The Hall–Kier alpha value is -5.39. The summed E-state index contributed by atoms with van der Waals surface area (Å²) in [6.07, 6.45) is 1.57. The molecule has 0 bridgehead atoms. The maximum absolute atomic E-state index is 13.6. The summed E-state index contributed by atoms with van der Waals surface area (Å²) in [4.78, 5) is 45.0. The molecule has 9 nitrogen and oxygen atoms in total. The predicted octanol–water partition coefficient (Wildman–Crippen LogP) is 7.36. The first-order valence-corrected chi connectivity index (χ1v) is 16.3. The van der Waals surface area contributed by atoms with Crippen molar-refractivity contribution >= 4 is 57.7 Å². The highest BCUT2D eigenvalue weighted by molar-refractivity contribution is 8.00. The van der Waals surface area contributed by atoms with Crippen LogP contribution < -0.4 is 25.4 Å². The number of methoxy groups -OCH3 is 2. The van der Waals surface area contributed by atoms with E-state index in [4.69, 9.17) is 9.47 Å². The van der Waals surface area contributed by atoms with Crippen LogP contribution in [0.2, 0.25) is 0 Å². The summed E-state index contributed by atoms with van der Waals surface area (Å²) in [7, 11) is 3.14. The van der Waals surface area contributed by atoms with Gasteiger partial charge in [-0.15, -0.1) is 23.1 Å². The Bertz CT molecular complexity index is 1910. The number of para-hydroxylation sites is 2. The second kappa shape index (κ2) is 15.7. The van der Waals surface area contributed by atoms with Crippen molar-refractivity contribution in [3.8, 4) is 22.8 Å². The molecule has 1 heterocycles. The van der Waals surface area contributed by atoms with E-state index in [1.165, 1.54) is 30.2 Å². The van der Waals surface area contributed by atoms with Crippen LogP contribution in [0, 0.1) is 0 Å². The number of carbonyl (C=O) groups excluding carboxylic acids is 3. The molecule has 1 aromatic heterocycles. The molecule has 5 aromatic rings. The lowest BCUT2D eigenvalue weighted by Crippen LogP contribution is -2.30. The summed E-state index contributed by atoms with van der Waals surface area (Å²) >= 11 is 2.67. The average Bonchev–Trinajstić information content (AvgIpc) is 3.56. The molecule has 238 valence electrons. The molecular formula is C36H32N4O5S2. The number of thiazole rings is 1. The summed E-state index contributed by atoms with van der Waals surface area (Å²) in [6, 6.07) is 30.6. The molecule has 0 aliphatic heterocycles. The summed E-state index contributed by atoms with van der Waals surface area (Å²) in [5, 5.41) is 10.4. The number of nitrogens with zero attached hydrogens (tertiary/aromatic N) is 1. The number of hydrogen-bond donors (Lipinski definition) is 3. The quantitative estimate of drug-likeness (QED) is 0.0943. The van der Waals surface area contributed by atoms with Gasteiger partial charge in [-0.1, -0.05) is 54.6 Å². The second-order valence-electron chi connectivity index (χ2n) is 10.1. The van der Waals surface area contributed by atoms with E-state index in [9.17, 15) is 14.4 Å². The van der Waals surface area contributed by atoms with Gasteiger partial charge in [-0.3, -0.25) is 14.4 Å². The average molecular weight is 665 g/mol. The van der Waals surface area contributed by atoms with Gasteiger partial charge < -0.3 is 25.4 Å². The lowest BCUT2D eigenvalue weighted by atomic mass is 10.1. The van der Waals surface area contributed by atoms with E-state index in [1.54, 1.807) is 74.7 Å². The Kier molecular flexibility index (Phi) is 11.1. The molecular weight excluding hydrogens is 633 g/mol. The van der Waals surface area contributed by atoms with Crippen LogP contribution in [0.1, 0.15) is 22.8 Å². The van der Waals surface area contributed by atoms with Crippen LogP contribution in [0.5, 0.6) is 11.5 Å². The summed E-state index contributed by atoms with van der Waals surface area (Å²) < 4.78 is 10.9. The summed E-state index contributed by atoms with van der Waals surface area (Å²) in [6.45, 7) is 1.80. The van der Waals surface area contributed by atoms with Crippen LogP contribution >= 0.6 is 23.1 Å². The molecule has 0 saturated heterocycles. The number of aromatic nitrogens is 1. The van der Waals surface area contributed by atoms with Crippen molar-refractivity contribution in [3.63, 3.8) is 0 Å². The van der Waals surface area contributed by atoms with Crippen LogP contribution in [-0.2, 0) is 9.59 Å². The van der Waals surface area contributed by atoms with E-state index in [-0.39, 0.29) is 11.6 Å². The van der Waals surface area contributed by atoms with Gasteiger partial charge in [-0.25, -0.2) is 4.98 Å². The molecule has 1 unspecified atom stereocenters. The van der Waals surface area contributed by atoms with Gasteiger partial charge in [0.2, 0.25) is 5.91 Å². The van der Waals surface area contributed by atoms with Crippen molar-refractivity contribution in [3.05, 3.63) is 125 Å². The van der Waals surface area contributed by atoms with Crippen LogP contribution in [0.4, 0.5) is 10.8 Å². The van der Waals surface area contributed by atoms with E-state index in [2.05, 4.69) is 20.9 Å². The third-order valence-electron chi connectivity index (χ3n) is 6.86. The van der Waals surface area contributed by atoms with Gasteiger partial charge in [0.1, 0.15) is 17.2 Å². The standard InChI is InChI=1S/C36H32N4O5S2/c1-23(33(41)40-36-39-30(22-46-36)28-17-8-10-19-32(28)45-3)47-27-16-11-15-26(21-27)37-35(43)29(20-25-14-7-9-18-31(25)44-2)38-34(42)24-12-5-4-6-13-24/h4-23H,1-3H3,(H,37,43)(H,38,42)(H,39,40,41)/b29-20+. The topological polar surface area (TPSA) is 119 Å². The molecule has 0 aliphatic carbocycles. The minimum absolute atomic E-state index is 0.0325. The van der Waals surface area contributed by atoms with E-state index in [0.29, 0.717) is 39.1 Å². The molecule has 11 heteroatoms. The fourth-order valence-corrected chi connectivity index (χ4v) is 6.14. The molecule has 47 heavy (non-hydrogen) atoms. The van der Waals surface area contributed by atoms with Gasteiger partial charge in [-0.2, -0.15) is 0 Å². The normalized spacial score (nSPS) is 11.7. The van der Waals surface area contributed by atoms with E-state index in [1.807, 2.05) is 53.9 Å². The maximum atomic E-state index is 13.6. The van der Waals surface area contributed by atoms with E-state index >= 15 is 0 Å². The number of amides is 3. The number of ether oxygens (including phenoxy) is 2. The van der Waals surface area contributed by atoms with Gasteiger partial charge in [0, 0.05) is 32.7 Å². The Labute approximate surface area is 281 Å². The highest BCUT2D eigenvalue weighted by Gasteiger charge is 2.19. The minimum Gasteiger partial charge on any atom is -0.496 e. The molecule has 5 rings (SSSR count). The minimum atomic E-state index is -0.525. The SMILES string of the molecule is COc1ccccc1/C=C(/NC(=O)c1ccccc1)C(=O)Nc1cccc(SC(C)C(=O)Nc2nc(-c3ccccc3OC)cs2)c1. The Morgan fingerprint density at radius 1 is 0.830 bits per heavy atom. The van der Waals surface area contributed by atoms with Crippen LogP contribution in [0.3, 0.4) is 0 Å². The predicted molar refractivity (Wildman–Crippen MR) is 188 cm³/mol. The molecule has 0 radical (unpaired) electrons. The highest BCUT2D eigenvalue weighted by Crippen LogP contribution is 2.33. The van der Waals surface area contributed by atoms with Crippen LogP contribution in [0.15, 0.2) is 119 Å². The molecule has 0 saturated carbocycles. The molecule has 0 spiro atoms. The van der Waals surface area contributed by atoms with Crippen LogP contribution in [-0.4, -0.2) is 42.2 Å². The van der Waals surface area contributed by atoms with Crippen molar-refractivity contribution in [2.45, 2.75) is 17.1 Å².